The summed E-state index contributed by atoms with van der Waals surface area (Å²) in [4.78, 5) is 14.1. The van der Waals surface area contributed by atoms with E-state index < -0.39 is 0 Å². The largest absolute Gasteiger partial charge is 0.313 e. The molecule has 0 saturated carbocycles. The van der Waals surface area contributed by atoms with Gasteiger partial charge in [-0.1, -0.05) is 18.2 Å². The van der Waals surface area contributed by atoms with Crippen molar-refractivity contribution in [3.8, 4) is 6.07 Å². The minimum absolute atomic E-state index is 0.0980. The van der Waals surface area contributed by atoms with Gasteiger partial charge in [0.2, 0.25) is 5.91 Å². The molecule has 1 N–H and O–H groups in total. The summed E-state index contributed by atoms with van der Waals surface area (Å²) in [6.45, 7) is 1.47. The maximum absolute atomic E-state index is 12.4. The minimum Gasteiger partial charge on any atom is -0.313 e. The number of anilines is 1. The summed E-state index contributed by atoms with van der Waals surface area (Å²) in [5.41, 5.74) is 0.876. The average Bonchev–Trinajstić information content (AvgIpc) is 2.93. The molecule has 4 heteroatoms. The van der Waals surface area contributed by atoms with E-state index in [4.69, 9.17) is 5.26 Å². The third-order valence-corrected chi connectivity index (χ3v) is 3.40. The summed E-state index contributed by atoms with van der Waals surface area (Å²) in [5, 5.41) is 12.1. The Morgan fingerprint density at radius 3 is 2.84 bits per heavy atom. The number of hydrogen-bond acceptors (Lipinski definition) is 3. The molecule has 1 fully saturated rings. The molecule has 1 amide bonds. The van der Waals surface area contributed by atoms with Crippen LogP contribution < -0.4 is 10.2 Å². The van der Waals surface area contributed by atoms with Crippen LogP contribution >= 0.6 is 0 Å². The standard InChI is InChI=1S/C15H19N3O/c16-9-5-11-18(14-7-2-1-3-8-14)15(19)12-13-6-4-10-17-13/h1-3,7-8,13,17H,4-6,10-12H2. The molecule has 100 valence electrons. The molecule has 0 aliphatic carbocycles. The van der Waals surface area contributed by atoms with E-state index in [1.54, 1.807) is 4.90 Å². The van der Waals surface area contributed by atoms with Crippen molar-refractivity contribution in [2.24, 2.45) is 0 Å². The highest BCUT2D eigenvalue weighted by Gasteiger charge is 2.22. The molecule has 0 radical (unpaired) electrons. The molecule has 19 heavy (non-hydrogen) atoms. The Bertz CT molecular complexity index is 446. The average molecular weight is 257 g/mol. The second-order valence-electron chi connectivity index (χ2n) is 4.79. The molecule has 1 atom stereocenters. The van der Waals surface area contributed by atoms with Crippen LogP contribution in [0.25, 0.3) is 0 Å². The van der Waals surface area contributed by atoms with Gasteiger partial charge in [-0.3, -0.25) is 4.79 Å². The fourth-order valence-corrected chi connectivity index (χ4v) is 2.42. The van der Waals surface area contributed by atoms with Crippen molar-refractivity contribution >= 4 is 11.6 Å². The molecule has 1 aliphatic rings. The molecule has 1 unspecified atom stereocenters. The normalized spacial score (nSPS) is 17.9. The summed E-state index contributed by atoms with van der Waals surface area (Å²) >= 11 is 0. The third kappa shape index (κ3) is 3.80. The molecule has 0 bridgehead atoms. The van der Waals surface area contributed by atoms with Crippen LogP contribution in [0.15, 0.2) is 30.3 Å². The van der Waals surface area contributed by atoms with E-state index in [2.05, 4.69) is 11.4 Å². The number of hydrogen-bond donors (Lipinski definition) is 1. The van der Waals surface area contributed by atoms with E-state index in [1.807, 2.05) is 30.3 Å². The number of carbonyl (C=O) groups excluding carboxylic acids is 1. The highest BCUT2D eigenvalue weighted by molar-refractivity contribution is 5.93. The number of rotatable bonds is 5. The lowest BCUT2D eigenvalue weighted by Gasteiger charge is -2.23. The summed E-state index contributed by atoms with van der Waals surface area (Å²) in [6.07, 6.45) is 3.08. The lowest BCUT2D eigenvalue weighted by molar-refractivity contribution is -0.119. The van der Waals surface area contributed by atoms with Crippen molar-refractivity contribution in [3.63, 3.8) is 0 Å². The predicted molar refractivity (Wildman–Crippen MR) is 74.7 cm³/mol. The van der Waals surface area contributed by atoms with Crippen LogP contribution in [-0.2, 0) is 4.79 Å². The van der Waals surface area contributed by atoms with Crippen molar-refractivity contribution in [1.82, 2.24) is 5.32 Å². The number of carbonyl (C=O) groups is 1. The number of para-hydroxylation sites is 1. The quantitative estimate of drug-likeness (QED) is 0.878. The number of nitriles is 1. The van der Waals surface area contributed by atoms with E-state index in [1.165, 1.54) is 0 Å². The number of benzene rings is 1. The minimum atomic E-state index is 0.0980. The van der Waals surface area contributed by atoms with E-state index in [-0.39, 0.29) is 5.91 Å². The first-order chi connectivity index (χ1) is 9.31. The summed E-state index contributed by atoms with van der Waals surface area (Å²) in [5.74, 6) is 0.0980. The molecular weight excluding hydrogens is 238 g/mol. The van der Waals surface area contributed by atoms with Gasteiger partial charge in [-0.15, -0.1) is 0 Å². The van der Waals surface area contributed by atoms with Gasteiger partial charge in [0, 0.05) is 24.7 Å². The summed E-state index contributed by atoms with van der Waals surface area (Å²) in [7, 11) is 0. The SMILES string of the molecule is N#CCCN(C(=O)CC1CCCN1)c1ccccc1. The first-order valence-electron chi connectivity index (χ1n) is 6.77. The Kier molecular flexibility index (Phi) is 4.93. The highest BCUT2D eigenvalue weighted by atomic mass is 16.2. The zero-order chi connectivity index (χ0) is 13.5. The molecule has 1 aromatic rings. The molecule has 1 saturated heterocycles. The maximum Gasteiger partial charge on any atom is 0.228 e. The number of amides is 1. The van der Waals surface area contributed by atoms with Crippen LogP contribution in [0.2, 0.25) is 0 Å². The van der Waals surface area contributed by atoms with Crippen molar-refractivity contribution in [3.05, 3.63) is 30.3 Å². The monoisotopic (exact) mass is 257 g/mol. The van der Waals surface area contributed by atoms with E-state index in [0.717, 1.165) is 25.1 Å². The zero-order valence-corrected chi connectivity index (χ0v) is 11.0. The molecule has 1 heterocycles. The highest BCUT2D eigenvalue weighted by Crippen LogP contribution is 2.17. The van der Waals surface area contributed by atoms with E-state index in [0.29, 0.717) is 25.4 Å². The molecule has 4 nitrogen and oxygen atoms in total. The van der Waals surface area contributed by atoms with Crippen LogP contribution in [0.1, 0.15) is 25.7 Å². The molecule has 1 aliphatic heterocycles. The van der Waals surface area contributed by atoms with Crippen LogP contribution in [-0.4, -0.2) is 25.0 Å². The number of nitrogens with zero attached hydrogens (tertiary/aromatic N) is 2. The van der Waals surface area contributed by atoms with Gasteiger partial charge in [-0.2, -0.15) is 5.26 Å². The van der Waals surface area contributed by atoms with E-state index >= 15 is 0 Å². The maximum atomic E-state index is 12.4. The van der Waals surface area contributed by atoms with Crippen molar-refractivity contribution in [2.75, 3.05) is 18.0 Å². The Labute approximate surface area is 114 Å². The lowest BCUT2D eigenvalue weighted by atomic mass is 10.1. The second kappa shape index (κ2) is 6.91. The molecule has 1 aromatic carbocycles. The Morgan fingerprint density at radius 2 is 2.21 bits per heavy atom. The van der Waals surface area contributed by atoms with Gasteiger partial charge in [0.1, 0.15) is 0 Å². The second-order valence-corrected chi connectivity index (χ2v) is 4.79. The first kappa shape index (κ1) is 13.6. The first-order valence-corrected chi connectivity index (χ1v) is 6.77. The summed E-state index contributed by atoms with van der Waals surface area (Å²) < 4.78 is 0. The van der Waals surface area contributed by atoms with Crippen molar-refractivity contribution < 1.29 is 4.79 Å². The Balaban J connectivity index is 2.04. The molecule has 0 aromatic heterocycles. The Hall–Kier alpha value is -1.86. The third-order valence-electron chi connectivity index (χ3n) is 3.40. The smallest absolute Gasteiger partial charge is 0.228 e. The fraction of sp³-hybridized carbons (Fsp3) is 0.467. The van der Waals surface area contributed by atoms with Gasteiger partial charge in [0.15, 0.2) is 0 Å². The topological polar surface area (TPSA) is 56.1 Å². The van der Waals surface area contributed by atoms with Gasteiger partial charge >= 0.3 is 0 Å². The predicted octanol–water partition coefficient (Wildman–Crippen LogP) is 2.08. The van der Waals surface area contributed by atoms with Crippen LogP contribution in [0.3, 0.4) is 0 Å². The van der Waals surface area contributed by atoms with E-state index in [9.17, 15) is 4.79 Å². The van der Waals surface area contributed by atoms with Gasteiger partial charge < -0.3 is 10.2 Å². The lowest BCUT2D eigenvalue weighted by Crippen LogP contribution is -2.36. The van der Waals surface area contributed by atoms with Crippen LogP contribution in [0.4, 0.5) is 5.69 Å². The van der Waals surface area contributed by atoms with Gasteiger partial charge in [-0.05, 0) is 31.5 Å². The van der Waals surface area contributed by atoms with Crippen molar-refractivity contribution in [2.45, 2.75) is 31.7 Å². The fourth-order valence-electron chi connectivity index (χ4n) is 2.42. The number of nitrogens with one attached hydrogen (secondary N) is 1. The van der Waals surface area contributed by atoms with Gasteiger partial charge in [-0.25, -0.2) is 0 Å². The van der Waals surface area contributed by atoms with Gasteiger partial charge in [0.05, 0.1) is 12.5 Å². The summed E-state index contributed by atoms with van der Waals surface area (Å²) in [6, 6.07) is 12.0. The van der Waals surface area contributed by atoms with Gasteiger partial charge in [0.25, 0.3) is 0 Å². The molecule has 2 rings (SSSR count). The van der Waals surface area contributed by atoms with Crippen LogP contribution in [0, 0.1) is 11.3 Å². The Morgan fingerprint density at radius 1 is 1.42 bits per heavy atom. The van der Waals surface area contributed by atoms with Crippen LogP contribution in [0.5, 0.6) is 0 Å². The molecular formula is C15H19N3O. The zero-order valence-electron chi connectivity index (χ0n) is 11.0. The molecule has 0 spiro atoms. The van der Waals surface area contributed by atoms with Crippen molar-refractivity contribution in [1.29, 1.82) is 5.26 Å².